The van der Waals surface area contributed by atoms with Crippen molar-refractivity contribution < 1.29 is 9.90 Å². The minimum absolute atomic E-state index is 0.134. The van der Waals surface area contributed by atoms with Gasteiger partial charge in [0.2, 0.25) is 5.91 Å². The van der Waals surface area contributed by atoms with Gasteiger partial charge in [-0.1, -0.05) is 0 Å². The molecule has 2 atom stereocenters. The number of fused-ring (bicyclic) bond motifs is 1. The molecule has 2 heterocycles. The molecule has 56 valence electrons. The standard InChI is InChI=1S/C7H11NO2/c9-6-3-1-5-2-4-7(10)8(5)6/h5-6,9H,1-4H2/t5-,6+/m0/s1. The van der Waals surface area contributed by atoms with Crippen LogP contribution in [0.5, 0.6) is 0 Å². The molecule has 2 aliphatic rings. The van der Waals surface area contributed by atoms with Crippen LogP contribution in [0.25, 0.3) is 0 Å². The first kappa shape index (κ1) is 6.16. The van der Waals surface area contributed by atoms with E-state index < -0.39 is 6.23 Å². The van der Waals surface area contributed by atoms with Gasteiger partial charge in [-0.25, -0.2) is 0 Å². The van der Waals surface area contributed by atoms with E-state index in [0.29, 0.717) is 12.5 Å². The van der Waals surface area contributed by atoms with E-state index in [1.807, 2.05) is 0 Å². The maximum Gasteiger partial charge on any atom is 0.224 e. The van der Waals surface area contributed by atoms with Crippen LogP contribution in [0.15, 0.2) is 0 Å². The topological polar surface area (TPSA) is 40.5 Å². The van der Waals surface area contributed by atoms with Gasteiger partial charge in [0, 0.05) is 12.5 Å². The van der Waals surface area contributed by atoms with E-state index in [4.69, 9.17) is 0 Å². The Morgan fingerprint density at radius 2 is 2.20 bits per heavy atom. The molecule has 0 saturated carbocycles. The normalized spacial score (nSPS) is 38.9. The van der Waals surface area contributed by atoms with Crippen molar-refractivity contribution in [3.63, 3.8) is 0 Å². The monoisotopic (exact) mass is 141 g/mol. The van der Waals surface area contributed by atoms with Gasteiger partial charge in [0.25, 0.3) is 0 Å². The van der Waals surface area contributed by atoms with Crippen molar-refractivity contribution in [1.82, 2.24) is 4.90 Å². The molecule has 1 N–H and O–H groups in total. The molecule has 0 aromatic rings. The molecule has 0 unspecified atom stereocenters. The van der Waals surface area contributed by atoms with Crippen molar-refractivity contribution >= 4 is 5.91 Å². The van der Waals surface area contributed by atoms with Crippen molar-refractivity contribution in [3.8, 4) is 0 Å². The SMILES string of the molecule is O=C1CC[C@@H]2CC[C@@H](O)N12. The highest BCUT2D eigenvalue weighted by molar-refractivity contribution is 5.79. The highest BCUT2D eigenvalue weighted by Gasteiger charge is 2.39. The summed E-state index contributed by atoms with van der Waals surface area (Å²) in [5, 5.41) is 9.27. The summed E-state index contributed by atoms with van der Waals surface area (Å²) in [5.41, 5.74) is 0. The largest absolute Gasteiger partial charge is 0.374 e. The van der Waals surface area contributed by atoms with Crippen LogP contribution in [0.1, 0.15) is 25.7 Å². The molecule has 0 spiro atoms. The summed E-state index contributed by atoms with van der Waals surface area (Å²) in [4.78, 5) is 12.7. The number of carbonyl (C=O) groups is 1. The Labute approximate surface area is 59.6 Å². The van der Waals surface area contributed by atoms with E-state index in [2.05, 4.69) is 0 Å². The molecule has 2 rings (SSSR count). The predicted octanol–water partition coefficient (Wildman–Crippen LogP) is 0.0896. The van der Waals surface area contributed by atoms with Crippen LogP contribution in [0.2, 0.25) is 0 Å². The first-order valence-electron chi connectivity index (χ1n) is 3.78. The fourth-order valence-electron chi connectivity index (χ4n) is 1.94. The fourth-order valence-corrected chi connectivity index (χ4v) is 1.94. The molecule has 3 heteroatoms. The van der Waals surface area contributed by atoms with Gasteiger partial charge in [-0.2, -0.15) is 0 Å². The van der Waals surface area contributed by atoms with Crippen LogP contribution in [0.3, 0.4) is 0 Å². The summed E-state index contributed by atoms with van der Waals surface area (Å²) in [5.74, 6) is 0.134. The van der Waals surface area contributed by atoms with E-state index in [1.165, 1.54) is 0 Å². The molecule has 2 aliphatic heterocycles. The number of rotatable bonds is 0. The molecule has 0 bridgehead atoms. The molecule has 2 saturated heterocycles. The first-order valence-corrected chi connectivity index (χ1v) is 3.78. The zero-order chi connectivity index (χ0) is 7.14. The lowest BCUT2D eigenvalue weighted by molar-refractivity contribution is -0.135. The van der Waals surface area contributed by atoms with Gasteiger partial charge in [-0.15, -0.1) is 0 Å². The Bertz CT molecular complexity index is 169. The molecule has 10 heavy (non-hydrogen) atoms. The van der Waals surface area contributed by atoms with Gasteiger partial charge in [0.1, 0.15) is 6.23 Å². The number of nitrogens with zero attached hydrogens (tertiary/aromatic N) is 1. The zero-order valence-electron chi connectivity index (χ0n) is 5.79. The lowest BCUT2D eigenvalue weighted by Crippen LogP contribution is -2.34. The average molecular weight is 141 g/mol. The van der Waals surface area contributed by atoms with Crippen LogP contribution < -0.4 is 0 Å². The smallest absolute Gasteiger partial charge is 0.224 e. The van der Waals surface area contributed by atoms with E-state index >= 15 is 0 Å². The fraction of sp³-hybridized carbons (Fsp3) is 0.857. The van der Waals surface area contributed by atoms with Gasteiger partial charge >= 0.3 is 0 Å². The number of hydrogen-bond acceptors (Lipinski definition) is 2. The van der Waals surface area contributed by atoms with Crippen molar-refractivity contribution in [2.45, 2.75) is 38.0 Å². The van der Waals surface area contributed by atoms with Gasteiger partial charge in [-0.05, 0) is 19.3 Å². The van der Waals surface area contributed by atoms with E-state index in [1.54, 1.807) is 4.90 Å². The molecular formula is C7H11NO2. The Morgan fingerprint density at radius 1 is 1.40 bits per heavy atom. The Morgan fingerprint density at radius 3 is 2.90 bits per heavy atom. The molecule has 3 nitrogen and oxygen atoms in total. The quantitative estimate of drug-likeness (QED) is 0.519. The van der Waals surface area contributed by atoms with Crippen LogP contribution >= 0.6 is 0 Å². The average Bonchev–Trinajstić information content (AvgIpc) is 2.40. The lowest BCUT2D eigenvalue weighted by atomic mass is 10.1. The summed E-state index contributed by atoms with van der Waals surface area (Å²) in [7, 11) is 0. The van der Waals surface area contributed by atoms with Gasteiger partial charge in [0.15, 0.2) is 0 Å². The van der Waals surface area contributed by atoms with Crippen molar-refractivity contribution in [3.05, 3.63) is 0 Å². The number of aliphatic hydroxyl groups is 1. The summed E-state index contributed by atoms with van der Waals surface area (Å²) in [6.07, 6.45) is 2.89. The van der Waals surface area contributed by atoms with E-state index in [9.17, 15) is 9.90 Å². The third-order valence-electron chi connectivity index (χ3n) is 2.45. The number of amides is 1. The van der Waals surface area contributed by atoms with Gasteiger partial charge < -0.3 is 10.0 Å². The minimum atomic E-state index is -0.472. The highest BCUT2D eigenvalue weighted by atomic mass is 16.3. The van der Waals surface area contributed by atoms with E-state index in [0.717, 1.165) is 19.3 Å². The van der Waals surface area contributed by atoms with Crippen LogP contribution in [0, 0.1) is 0 Å². The first-order chi connectivity index (χ1) is 4.79. The number of aliphatic hydroxyl groups excluding tert-OH is 1. The maximum atomic E-state index is 11.0. The second-order valence-electron chi connectivity index (χ2n) is 3.05. The molecule has 0 aliphatic carbocycles. The lowest BCUT2D eigenvalue weighted by Gasteiger charge is -2.18. The second kappa shape index (κ2) is 1.95. The molecular weight excluding hydrogens is 130 g/mol. The van der Waals surface area contributed by atoms with Crippen LogP contribution in [-0.4, -0.2) is 28.2 Å². The zero-order valence-corrected chi connectivity index (χ0v) is 5.79. The van der Waals surface area contributed by atoms with Crippen LogP contribution in [-0.2, 0) is 4.79 Å². The van der Waals surface area contributed by atoms with Crippen molar-refractivity contribution in [1.29, 1.82) is 0 Å². The van der Waals surface area contributed by atoms with Crippen LogP contribution in [0.4, 0.5) is 0 Å². The third kappa shape index (κ3) is 0.669. The summed E-state index contributed by atoms with van der Waals surface area (Å²) in [6.45, 7) is 0. The third-order valence-corrected chi connectivity index (χ3v) is 2.45. The number of hydrogen-bond donors (Lipinski definition) is 1. The predicted molar refractivity (Wildman–Crippen MR) is 35.1 cm³/mol. The summed E-state index contributed by atoms with van der Waals surface area (Å²) >= 11 is 0. The highest BCUT2D eigenvalue weighted by Crippen LogP contribution is 2.31. The summed E-state index contributed by atoms with van der Waals surface area (Å²) < 4.78 is 0. The Hall–Kier alpha value is -0.570. The Balaban J connectivity index is 2.19. The second-order valence-corrected chi connectivity index (χ2v) is 3.05. The number of carbonyl (C=O) groups excluding carboxylic acids is 1. The van der Waals surface area contributed by atoms with E-state index in [-0.39, 0.29) is 5.91 Å². The molecule has 2 fully saturated rings. The molecule has 0 aromatic heterocycles. The Kier molecular flexibility index (Phi) is 1.20. The van der Waals surface area contributed by atoms with Crippen molar-refractivity contribution in [2.75, 3.05) is 0 Å². The maximum absolute atomic E-state index is 11.0. The minimum Gasteiger partial charge on any atom is -0.374 e. The van der Waals surface area contributed by atoms with Crippen molar-refractivity contribution in [2.24, 2.45) is 0 Å². The van der Waals surface area contributed by atoms with Gasteiger partial charge in [0.05, 0.1) is 0 Å². The summed E-state index contributed by atoms with van der Waals surface area (Å²) in [6, 6.07) is 0.363. The molecule has 1 amide bonds. The van der Waals surface area contributed by atoms with Gasteiger partial charge in [-0.3, -0.25) is 4.79 Å². The molecule has 0 aromatic carbocycles. The molecule has 0 radical (unpaired) electrons.